The van der Waals surface area contributed by atoms with E-state index in [1.165, 1.54) is 10.6 Å². The molecule has 1 aliphatic rings. The van der Waals surface area contributed by atoms with Crippen LogP contribution in [0.15, 0.2) is 4.99 Å². The summed E-state index contributed by atoms with van der Waals surface area (Å²) in [4.78, 5) is 23.7. The summed E-state index contributed by atoms with van der Waals surface area (Å²) >= 11 is 1.74. The molecule has 1 saturated heterocycles. The number of aryl methyl sites for hydroxylation is 2. The van der Waals surface area contributed by atoms with Crippen molar-refractivity contribution in [1.29, 1.82) is 0 Å². The first-order chi connectivity index (χ1) is 12.0. The molecule has 0 saturated carbocycles. The number of guanidine groups is 1. The van der Waals surface area contributed by atoms with E-state index in [1.54, 1.807) is 16.2 Å². The molecular weight excluding hydrogens is 338 g/mol. The second-order valence-corrected chi connectivity index (χ2v) is 7.37. The first-order valence-electron chi connectivity index (χ1n) is 8.96. The van der Waals surface area contributed by atoms with E-state index in [0.717, 1.165) is 30.7 Å². The Bertz CT molecular complexity index is 594. The summed E-state index contributed by atoms with van der Waals surface area (Å²) in [6.07, 6.45) is 3.25. The maximum atomic E-state index is 11.7. The van der Waals surface area contributed by atoms with Crippen molar-refractivity contribution in [2.75, 3.05) is 26.2 Å². The van der Waals surface area contributed by atoms with Crippen molar-refractivity contribution in [2.24, 2.45) is 10.7 Å². The van der Waals surface area contributed by atoms with Gasteiger partial charge in [-0.3, -0.25) is 4.99 Å². The fourth-order valence-electron chi connectivity index (χ4n) is 2.87. The van der Waals surface area contributed by atoms with Gasteiger partial charge < -0.3 is 20.7 Å². The second-order valence-electron chi connectivity index (χ2n) is 6.09. The predicted molar refractivity (Wildman–Crippen MR) is 101 cm³/mol. The smallest absolute Gasteiger partial charge is 0.409 e. The number of nitrogens with two attached hydrogens (primary N) is 1. The molecule has 25 heavy (non-hydrogen) atoms. The molecule has 0 aliphatic carbocycles. The summed E-state index contributed by atoms with van der Waals surface area (Å²) in [6, 6.07) is 0.253. The first-order valence-corrected chi connectivity index (χ1v) is 9.78. The third-order valence-electron chi connectivity index (χ3n) is 4.25. The van der Waals surface area contributed by atoms with Gasteiger partial charge in [-0.15, -0.1) is 11.3 Å². The van der Waals surface area contributed by atoms with Crippen molar-refractivity contribution in [3.05, 3.63) is 15.6 Å². The molecule has 0 aromatic carbocycles. The van der Waals surface area contributed by atoms with Gasteiger partial charge in [0.15, 0.2) is 5.96 Å². The molecule has 8 heteroatoms. The number of nitrogens with zero attached hydrogens (tertiary/aromatic N) is 3. The van der Waals surface area contributed by atoms with E-state index in [4.69, 9.17) is 10.5 Å². The molecule has 3 N–H and O–H groups in total. The normalized spacial score (nSPS) is 16.1. The van der Waals surface area contributed by atoms with Crippen molar-refractivity contribution >= 4 is 23.4 Å². The van der Waals surface area contributed by atoms with Crippen LogP contribution < -0.4 is 11.1 Å². The van der Waals surface area contributed by atoms with Crippen LogP contribution in [0.4, 0.5) is 4.79 Å². The summed E-state index contributed by atoms with van der Waals surface area (Å²) in [6.45, 7) is 8.47. The van der Waals surface area contributed by atoms with Crippen LogP contribution in [0.1, 0.15) is 42.3 Å². The quantitative estimate of drug-likeness (QED) is 0.593. The third kappa shape index (κ3) is 5.88. The van der Waals surface area contributed by atoms with Crippen molar-refractivity contribution in [1.82, 2.24) is 15.2 Å². The molecular formula is C17H29N5O2S. The highest BCUT2D eigenvalue weighted by Gasteiger charge is 2.23. The summed E-state index contributed by atoms with van der Waals surface area (Å²) in [7, 11) is 0. The van der Waals surface area contributed by atoms with Gasteiger partial charge >= 0.3 is 6.09 Å². The fraction of sp³-hybridized carbons (Fsp3) is 0.706. The maximum absolute atomic E-state index is 11.7. The number of rotatable bonds is 6. The van der Waals surface area contributed by atoms with Gasteiger partial charge in [0.05, 0.1) is 17.3 Å². The Morgan fingerprint density at radius 3 is 2.76 bits per heavy atom. The van der Waals surface area contributed by atoms with E-state index < -0.39 is 0 Å². The number of nitrogens with one attached hydrogen (secondary N) is 1. The van der Waals surface area contributed by atoms with Crippen LogP contribution in [0, 0.1) is 6.92 Å². The average molecular weight is 368 g/mol. The number of aliphatic imine (C=N–C) groups is 1. The molecule has 1 aromatic rings. The number of likely N-dealkylation sites (tertiary alicyclic amines) is 1. The van der Waals surface area contributed by atoms with Crippen LogP contribution in [0.2, 0.25) is 0 Å². The Hall–Kier alpha value is -1.83. The minimum Gasteiger partial charge on any atom is -0.450 e. The van der Waals surface area contributed by atoms with Crippen molar-refractivity contribution in [3.8, 4) is 0 Å². The minimum atomic E-state index is -0.229. The average Bonchev–Trinajstić information content (AvgIpc) is 2.95. The van der Waals surface area contributed by atoms with E-state index in [2.05, 4.69) is 29.1 Å². The summed E-state index contributed by atoms with van der Waals surface area (Å²) in [5.41, 5.74) is 7.17. The molecule has 2 heterocycles. The lowest BCUT2D eigenvalue weighted by molar-refractivity contribution is 0.0963. The summed E-state index contributed by atoms with van der Waals surface area (Å²) in [5.74, 6) is 0.471. The molecule has 1 amide bonds. The monoisotopic (exact) mass is 367 g/mol. The number of thiazole rings is 1. The molecule has 1 aliphatic heterocycles. The van der Waals surface area contributed by atoms with Crippen LogP contribution >= 0.6 is 11.3 Å². The summed E-state index contributed by atoms with van der Waals surface area (Å²) < 4.78 is 5.02. The van der Waals surface area contributed by atoms with Crippen molar-refractivity contribution in [3.63, 3.8) is 0 Å². The van der Waals surface area contributed by atoms with Gasteiger partial charge in [0, 0.05) is 37.0 Å². The molecule has 0 unspecified atom stereocenters. The minimum absolute atomic E-state index is 0.229. The topological polar surface area (TPSA) is 92.8 Å². The van der Waals surface area contributed by atoms with Crippen LogP contribution in [0.5, 0.6) is 0 Å². The highest BCUT2D eigenvalue weighted by Crippen LogP contribution is 2.18. The Morgan fingerprint density at radius 1 is 1.44 bits per heavy atom. The maximum Gasteiger partial charge on any atom is 0.409 e. The van der Waals surface area contributed by atoms with Gasteiger partial charge in [-0.2, -0.15) is 0 Å². The van der Waals surface area contributed by atoms with Gasteiger partial charge in [0.1, 0.15) is 0 Å². The number of piperidine rings is 1. The van der Waals surface area contributed by atoms with Gasteiger partial charge in [-0.25, -0.2) is 9.78 Å². The number of ether oxygens (including phenoxy) is 1. The summed E-state index contributed by atoms with van der Waals surface area (Å²) in [5, 5.41) is 4.38. The van der Waals surface area contributed by atoms with Crippen LogP contribution in [0.25, 0.3) is 0 Å². The fourth-order valence-corrected chi connectivity index (χ4v) is 3.88. The number of hydrogen-bond acceptors (Lipinski definition) is 5. The van der Waals surface area contributed by atoms with Crippen LogP contribution in [-0.2, 0) is 17.6 Å². The zero-order valence-corrected chi connectivity index (χ0v) is 16.2. The van der Waals surface area contributed by atoms with Crippen LogP contribution in [-0.4, -0.2) is 54.2 Å². The SMILES string of the molecule is CCOC(=O)N1CCC(NC(N)=NCCc2nc(CC)c(C)s2)CC1. The Balaban J connectivity index is 1.72. The Kier molecular flexibility index (Phi) is 7.49. The highest BCUT2D eigenvalue weighted by atomic mass is 32.1. The van der Waals surface area contributed by atoms with E-state index in [1.807, 2.05) is 6.92 Å². The van der Waals surface area contributed by atoms with Crippen LogP contribution in [0.3, 0.4) is 0 Å². The lowest BCUT2D eigenvalue weighted by Crippen LogP contribution is -2.48. The Morgan fingerprint density at radius 2 is 2.16 bits per heavy atom. The van der Waals surface area contributed by atoms with E-state index in [-0.39, 0.29) is 12.1 Å². The van der Waals surface area contributed by atoms with Gasteiger partial charge in [0.25, 0.3) is 0 Å². The Labute approximate surface area is 153 Å². The molecule has 1 fully saturated rings. The standard InChI is InChI=1S/C17H29N5O2S/c1-4-14-12(3)25-15(21-14)6-9-19-16(18)20-13-7-10-22(11-8-13)17(23)24-5-2/h13H,4-11H2,1-3H3,(H3,18,19,20). The zero-order chi connectivity index (χ0) is 18.2. The molecule has 1 aromatic heterocycles. The first kappa shape index (κ1) is 19.5. The number of amides is 1. The molecule has 7 nitrogen and oxygen atoms in total. The molecule has 2 rings (SSSR count). The number of aromatic nitrogens is 1. The molecule has 0 bridgehead atoms. The molecule has 140 valence electrons. The molecule has 0 atom stereocenters. The lowest BCUT2D eigenvalue weighted by atomic mass is 10.1. The lowest BCUT2D eigenvalue weighted by Gasteiger charge is -2.31. The molecule has 0 spiro atoms. The van der Waals surface area contributed by atoms with Crippen molar-refractivity contribution in [2.45, 2.75) is 52.5 Å². The largest absolute Gasteiger partial charge is 0.450 e. The van der Waals surface area contributed by atoms with Crippen molar-refractivity contribution < 1.29 is 9.53 Å². The molecule has 0 radical (unpaired) electrons. The highest BCUT2D eigenvalue weighted by molar-refractivity contribution is 7.11. The number of carbonyl (C=O) groups excluding carboxylic acids is 1. The zero-order valence-electron chi connectivity index (χ0n) is 15.4. The van der Waals surface area contributed by atoms with E-state index >= 15 is 0 Å². The van der Waals surface area contributed by atoms with Gasteiger partial charge in [-0.1, -0.05) is 6.92 Å². The van der Waals surface area contributed by atoms with Gasteiger partial charge in [0.2, 0.25) is 0 Å². The predicted octanol–water partition coefficient (Wildman–Crippen LogP) is 2.08. The number of hydrogen-bond donors (Lipinski definition) is 2. The second kappa shape index (κ2) is 9.60. The van der Waals surface area contributed by atoms with E-state index in [9.17, 15) is 4.79 Å². The van der Waals surface area contributed by atoms with E-state index in [0.29, 0.717) is 32.2 Å². The van der Waals surface area contributed by atoms with Gasteiger partial charge in [-0.05, 0) is 33.1 Å². The number of carbonyl (C=O) groups is 1. The third-order valence-corrected chi connectivity index (χ3v) is 5.33.